The van der Waals surface area contributed by atoms with Gasteiger partial charge >= 0.3 is 0 Å². The normalized spacial score (nSPS) is 10.7. The molecule has 2 heterocycles. The molecule has 0 aliphatic carbocycles. The second-order valence-corrected chi connectivity index (χ2v) is 5.32. The Kier molecular flexibility index (Phi) is 4.57. The van der Waals surface area contributed by atoms with Gasteiger partial charge in [-0.05, 0) is 42.0 Å². The van der Waals surface area contributed by atoms with Crippen molar-refractivity contribution in [3.63, 3.8) is 0 Å². The first-order valence-corrected chi connectivity index (χ1v) is 7.55. The molecule has 0 bridgehead atoms. The number of nitrogens with one attached hydrogen (secondary N) is 1. The summed E-state index contributed by atoms with van der Waals surface area (Å²) in [4.78, 5) is 15.9. The molecule has 118 valence electrons. The van der Waals surface area contributed by atoms with Gasteiger partial charge in [-0.3, -0.25) is 9.78 Å². The van der Waals surface area contributed by atoms with Gasteiger partial charge in [-0.1, -0.05) is 0 Å². The van der Waals surface area contributed by atoms with Gasteiger partial charge in [0.05, 0.1) is 7.11 Å². The van der Waals surface area contributed by atoms with Gasteiger partial charge in [0.15, 0.2) is 0 Å². The third-order valence-electron chi connectivity index (χ3n) is 3.80. The zero-order valence-corrected chi connectivity index (χ0v) is 13.0. The minimum atomic E-state index is 0.0390. The van der Waals surface area contributed by atoms with E-state index < -0.39 is 0 Å². The van der Waals surface area contributed by atoms with E-state index in [0.29, 0.717) is 19.5 Å². The average molecular weight is 309 g/mol. The molecular formula is C18H19N3O2. The van der Waals surface area contributed by atoms with Crippen molar-refractivity contribution in [3.05, 3.63) is 60.6 Å². The van der Waals surface area contributed by atoms with Gasteiger partial charge in [0.2, 0.25) is 5.91 Å². The van der Waals surface area contributed by atoms with Gasteiger partial charge in [-0.15, -0.1) is 0 Å². The lowest BCUT2D eigenvalue weighted by atomic mass is 10.2. The summed E-state index contributed by atoms with van der Waals surface area (Å²) < 4.78 is 7.31. The van der Waals surface area contributed by atoms with E-state index in [9.17, 15) is 4.79 Å². The molecule has 5 nitrogen and oxygen atoms in total. The minimum Gasteiger partial charge on any atom is -0.497 e. The van der Waals surface area contributed by atoms with Crippen LogP contribution in [-0.4, -0.2) is 22.6 Å². The van der Waals surface area contributed by atoms with Crippen LogP contribution >= 0.6 is 0 Å². The molecule has 3 aromatic rings. The summed E-state index contributed by atoms with van der Waals surface area (Å²) in [5.41, 5.74) is 2.15. The number of ether oxygens (including phenoxy) is 1. The van der Waals surface area contributed by atoms with Gasteiger partial charge in [0.25, 0.3) is 0 Å². The molecule has 1 aromatic carbocycles. The van der Waals surface area contributed by atoms with Gasteiger partial charge in [0, 0.05) is 49.0 Å². The maximum Gasteiger partial charge on any atom is 0.222 e. The summed E-state index contributed by atoms with van der Waals surface area (Å²) in [7, 11) is 1.66. The van der Waals surface area contributed by atoms with Crippen LogP contribution in [0.25, 0.3) is 10.9 Å². The second-order valence-electron chi connectivity index (χ2n) is 5.32. The Hall–Kier alpha value is -2.82. The number of nitrogens with zero attached hydrogens (tertiary/aromatic N) is 2. The molecule has 0 fully saturated rings. The van der Waals surface area contributed by atoms with Crippen molar-refractivity contribution in [2.45, 2.75) is 19.5 Å². The Bertz CT molecular complexity index is 796. The lowest BCUT2D eigenvalue weighted by molar-refractivity contribution is -0.121. The molecule has 0 aliphatic heterocycles. The Morgan fingerprint density at radius 3 is 2.83 bits per heavy atom. The summed E-state index contributed by atoms with van der Waals surface area (Å²) in [6.07, 6.45) is 5.89. The van der Waals surface area contributed by atoms with Crippen molar-refractivity contribution in [1.29, 1.82) is 0 Å². The van der Waals surface area contributed by atoms with E-state index in [1.165, 1.54) is 0 Å². The minimum absolute atomic E-state index is 0.0390. The zero-order valence-electron chi connectivity index (χ0n) is 13.0. The first-order valence-electron chi connectivity index (χ1n) is 7.55. The predicted molar refractivity (Wildman–Crippen MR) is 89.2 cm³/mol. The molecule has 1 N–H and O–H groups in total. The summed E-state index contributed by atoms with van der Waals surface area (Å²) >= 11 is 0. The van der Waals surface area contributed by atoms with Crippen LogP contribution in [0.4, 0.5) is 0 Å². The van der Waals surface area contributed by atoms with Crippen LogP contribution in [0.15, 0.2) is 55.0 Å². The number of pyridine rings is 1. The third kappa shape index (κ3) is 3.69. The van der Waals surface area contributed by atoms with Gasteiger partial charge in [-0.25, -0.2) is 0 Å². The Morgan fingerprint density at radius 2 is 2.04 bits per heavy atom. The first-order chi connectivity index (χ1) is 11.3. The highest BCUT2D eigenvalue weighted by Gasteiger charge is 2.06. The fourth-order valence-corrected chi connectivity index (χ4v) is 2.51. The molecule has 0 spiro atoms. The Labute approximate surface area is 134 Å². The van der Waals surface area contributed by atoms with Gasteiger partial charge in [0.1, 0.15) is 5.75 Å². The number of benzene rings is 1. The van der Waals surface area contributed by atoms with Crippen LogP contribution in [0, 0.1) is 0 Å². The molecule has 0 saturated heterocycles. The molecule has 0 radical (unpaired) electrons. The van der Waals surface area contributed by atoms with Crippen LogP contribution in [0.2, 0.25) is 0 Å². The van der Waals surface area contributed by atoms with E-state index >= 15 is 0 Å². The number of aromatic nitrogens is 2. The SMILES string of the molecule is COc1ccc2c(ccn2CCC(=O)NCc2ccncc2)c1. The summed E-state index contributed by atoms with van der Waals surface area (Å²) in [6, 6.07) is 11.8. The van der Waals surface area contributed by atoms with E-state index in [0.717, 1.165) is 22.2 Å². The summed E-state index contributed by atoms with van der Waals surface area (Å²) in [5, 5.41) is 4.04. The smallest absolute Gasteiger partial charge is 0.222 e. The van der Waals surface area contributed by atoms with Crippen LogP contribution in [-0.2, 0) is 17.9 Å². The maximum absolute atomic E-state index is 12.0. The number of rotatable bonds is 6. The lowest BCUT2D eigenvalue weighted by Crippen LogP contribution is -2.23. The van der Waals surface area contributed by atoms with Crippen molar-refractivity contribution in [2.75, 3.05) is 7.11 Å². The maximum atomic E-state index is 12.0. The van der Waals surface area contributed by atoms with Crippen LogP contribution in [0.5, 0.6) is 5.75 Å². The number of hydrogen-bond acceptors (Lipinski definition) is 3. The van der Waals surface area contributed by atoms with E-state index in [-0.39, 0.29) is 5.91 Å². The fourth-order valence-electron chi connectivity index (χ4n) is 2.51. The van der Waals surface area contributed by atoms with E-state index in [1.54, 1.807) is 19.5 Å². The van der Waals surface area contributed by atoms with Crippen molar-refractivity contribution in [2.24, 2.45) is 0 Å². The standard InChI is InChI=1S/C18H19N3O2/c1-23-16-2-3-17-15(12-16)6-10-21(17)11-7-18(22)20-13-14-4-8-19-9-5-14/h2-6,8-10,12H,7,11,13H2,1H3,(H,20,22). The molecule has 0 unspecified atom stereocenters. The predicted octanol–water partition coefficient (Wildman–Crippen LogP) is 2.75. The number of fused-ring (bicyclic) bond motifs is 1. The quantitative estimate of drug-likeness (QED) is 0.762. The zero-order chi connectivity index (χ0) is 16.1. The van der Waals surface area contributed by atoms with Crippen LogP contribution in [0.1, 0.15) is 12.0 Å². The Morgan fingerprint density at radius 1 is 1.22 bits per heavy atom. The highest BCUT2D eigenvalue weighted by atomic mass is 16.5. The third-order valence-corrected chi connectivity index (χ3v) is 3.80. The van der Waals surface area contributed by atoms with E-state index in [4.69, 9.17) is 4.74 Å². The molecule has 2 aromatic heterocycles. The van der Waals surface area contributed by atoms with Crippen molar-refractivity contribution in [3.8, 4) is 5.75 Å². The van der Waals surface area contributed by atoms with Crippen LogP contribution in [0.3, 0.4) is 0 Å². The Balaban J connectivity index is 1.56. The van der Waals surface area contributed by atoms with E-state index in [2.05, 4.69) is 14.9 Å². The fraction of sp³-hybridized carbons (Fsp3) is 0.222. The number of carbonyl (C=O) groups excluding carboxylic acids is 1. The number of aryl methyl sites for hydroxylation is 1. The molecule has 0 saturated carbocycles. The van der Waals surface area contributed by atoms with Crippen LogP contribution < -0.4 is 10.1 Å². The monoisotopic (exact) mass is 309 g/mol. The average Bonchev–Trinajstić information content (AvgIpc) is 3.01. The highest BCUT2D eigenvalue weighted by Crippen LogP contribution is 2.21. The largest absolute Gasteiger partial charge is 0.497 e. The summed E-state index contributed by atoms with van der Waals surface area (Å²) in [6.45, 7) is 1.18. The van der Waals surface area contributed by atoms with Gasteiger partial charge < -0.3 is 14.6 Å². The van der Waals surface area contributed by atoms with Crippen molar-refractivity contribution >= 4 is 16.8 Å². The molecular weight excluding hydrogens is 290 g/mol. The number of carbonyl (C=O) groups is 1. The van der Waals surface area contributed by atoms with E-state index in [1.807, 2.05) is 42.6 Å². The number of methoxy groups -OCH3 is 1. The molecule has 0 atom stereocenters. The molecule has 0 aliphatic rings. The summed E-state index contributed by atoms with van der Waals surface area (Å²) in [5.74, 6) is 0.877. The number of hydrogen-bond donors (Lipinski definition) is 1. The molecule has 1 amide bonds. The topological polar surface area (TPSA) is 56.1 Å². The number of amides is 1. The second kappa shape index (κ2) is 6.96. The lowest BCUT2D eigenvalue weighted by Gasteiger charge is -2.08. The highest BCUT2D eigenvalue weighted by molar-refractivity contribution is 5.82. The molecule has 23 heavy (non-hydrogen) atoms. The van der Waals surface area contributed by atoms with Crippen molar-refractivity contribution in [1.82, 2.24) is 14.9 Å². The molecule has 3 rings (SSSR count). The molecule has 5 heteroatoms. The van der Waals surface area contributed by atoms with Crippen molar-refractivity contribution < 1.29 is 9.53 Å². The first kappa shape index (κ1) is 15.1. The van der Waals surface area contributed by atoms with Gasteiger partial charge in [-0.2, -0.15) is 0 Å².